The van der Waals surface area contributed by atoms with Gasteiger partial charge in [-0.05, 0) is 36.9 Å². The zero-order valence-corrected chi connectivity index (χ0v) is 8.44. The molecule has 0 spiro atoms. The number of aryl methyl sites for hydroxylation is 2. The van der Waals surface area contributed by atoms with E-state index in [0.717, 1.165) is 6.42 Å². The largest absolute Gasteiger partial charge is 0.120 e. The van der Waals surface area contributed by atoms with Gasteiger partial charge in [-0.2, -0.15) is 0 Å². The van der Waals surface area contributed by atoms with Crippen molar-refractivity contribution in [1.82, 2.24) is 0 Å². The van der Waals surface area contributed by atoms with E-state index in [0.29, 0.717) is 0 Å². The van der Waals surface area contributed by atoms with Crippen LogP contribution in [0.15, 0.2) is 30.1 Å². The van der Waals surface area contributed by atoms with Crippen molar-refractivity contribution < 1.29 is 0 Å². The van der Waals surface area contributed by atoms with E-state index >= 15 is 0 Å². The molecule has 0 aromatic carbocycles. The summed E-state index contributed by atoms with van der Waals surface area (Å²) in [6, 6.07) is 2.26. The Morgan fingerprint density at radius 3 is 2.75 bits per heavy atom. The van der Waals surface area contributed by atoms with Crippen LogP contribution < -0.4 is 0 Å². The van der Waals surface area contributed by atoms with Crippen LogP contribution in [0.1, 0.15) is 17.3 Å². The Kier molecular flexibility index (Phi) is 1.94. The first-order chi connectivity index (χ1) is 5.79. The summed E-state index contributed by atoms with van der Waals surface area (Å²) >= 11 is 0. The third-order valence-corrected chi connectivity index (χ3v) is 4.23. The predicted molar refractivity (Wildman–Crippen MR) is 56.6 cm³/mol. The van der Waals surface area contributed by atoms with Crippen molar-refractivity contribution in [1.29, 1.82) is 0 Å². The standard InChI is InChI=1S/C11H13P/c1-9-7-8-12(2)11(9)10-5-3-4-6-10/h3,5-8H,4H2,1-2H3. The average Bonchev–Trinajstić information content (AvgIpc) is 2.61. The molecule has 0 aliphatic heterocycles. The Morgan fingerprint density at radius 1 is 1.42 bits per heavy atom. The number of hydrogen-bond donors (Lipinski definition) is 0. The lowest BCUT2D eigenvalue weighted by Crippen LogP contribution is -1.75. The minimum absolute atomic E-state index is 0.000710. The molecule has 1 aromatic rings. The molecule has 1 aliphatic carbocycles. The van der Waals surface area contributed by atoms with Crippen molar-refractivity contribution in [2.75, 3.05) is 0 Å². The summed E-state index contributed by atoms with van der Waals surface area (Å²) in [6.45, 7) is 4.54. The van der Waals surface area contributed by atoms with Crippen LogP contribution in [-0.2, 0) is 6.66 Å². The van der Waals surface area contributed by atoms with Crippen LogP contribution in [0.25, 0.3) is 5.57 Å². The molecular weight excluding hydrogens is 163 g/mol. The van der Waals surface area contributed by atoms with E-state index in [-0.39, 0.29) is 7.53 Å². The molecule has 1 aliphatic rings. The highest BCUT2D eigenvalue weighted by Crippen LogP contribution is 2.40. The molecule has 2 rings (SSSR count). The number of hydrogen-bond acceptors (Lipinski definition) is 0. The lowest BCUT2D eigenvalue weighted by atomic mass is 10.2. The quantitative estimate of drug-likeness (QED) is 0.609. The lowest BCUT2D eigenvalue weighted by Gasteiger charge is -2.01. The molecule has 1 unspecified atom stereocenters. The molecule has 62 valence electrons. The molecule has 0 bridgehead atoms. The van der Waals surface area contributed by atoms with Crippen molar-refractivity contribution in [3.05, 3.63) is 41.0 Å². The van der Waals surface area contributed by atoms with Crippen molar-refractivity contribution >= 4 is 13.1 Å². The predicted octanol–water partition coefficient (Wildman–Crippen LogP) is 3.86. The zero-order valence-electron chi connectivity index (χ0n) is 7.54. The van der Waals surface area contributed by atoms with Crippen LogP contribution in [0.4, 0.5) is 0 Å². The van der Waals surface area contributed by atoms with Crippen molar-refractivity contribution in [2.24, 2.45) is 6.66 Å². The maximum absolute atomic E-state index is 2.34. The van der Waals surface area contributed by atoms with E-state index in [2.05, 4.69) is 43.7 Å². The van der Waals surface area contributed by atoms with E-state index in [4.69, 9.17) is 0 Å². The van der Waals surface area contributed by atoms with Gasteiger partial charge in [0.25, 0.3) is 0 Å². The summed E-state index contributed by atoms with van der Waals surface area (Å²) in [6.07, 6.45) is 7.93. The fourth-order valence-corrected chi connectivity index (χ4v) is 3.52. The smallest absolute Gasteiger partial charge is 0.00349 e. The summed E-state index contributed by atoms with van der Waals surface area (Å²) < 4.78 is 0. The zero-order chi connectivity index (χ0) is 8.55. The SMILES string of the molecule is Cc1ccp(C)c1C1=CCC=C1. The molecule has 0 saturated heterocycles. The third-order valence-electron chi connectivity index (χ3n) is 2.32. The molecule has 0 radical (unpaired) electrons. The highest BCUT2D eigenvalue weighted by atomic mass is 31.1. The van der Waals surface area contributed by atoms with E-state index in [9.17, 15) is 0 Å². The van der Waals surface area contributed by atoms with Crippen LogP contribution in [0.5, 0.6) is 0 Å². The Bertz CT molecular complexity index is 334. The highest BCUT2D eigenvalue weighted by Gasteiger charge is 2.08. The Morgan fingerprint density at radius 2 is 2.25 bits per heavy atom. The fraction of sp³-hybridized carbons (Fsp3) is 0.273. The van der Waals surface area contributed by atoms with Gasteiger partial charge in [-0.3, -0.25) is 0 Å². The van der Waals surface area contributed by atoms with Crippen molar-refractivity contribution in [3.63, 3.8) is 0 Å². The van der Waals surface area contributed by atoms with Crippen molar-refractivity contribution in [2.45, 2.75) is 13.3 Å². The van der Waals surface area contributed by atoms with Crippen LogP contribution in [0.2, 0.25) is 0 Å². The summed E-state index contributed by atoms with van der Waals surface area (Å²) in [7, 11) is 0.000710. The summed E-state index contributed by atoms with van der Waals surface area (Å²) in [5.74, 6) is 2.34. The molecule has 0 saturated carbocycles. The van der Waals surface area contributed by atoms with Gasteiger partial charge in [-0.1, -0.05) is 24.3 Å². The van der Waals surface area contributed by atoms with Gasteiger partial charge < -0.3 is 0 Å². The Hall–Kier alpha value is -0.740. The molecule has 1 heteroatoms. The van der Waals surface area contributed by atoms with E-state index in [1.165, 1.54) is 11.1 Å². The van der Waals surface area contributed by atoms with Gasteiger partial charge in [0.1, 0.15) is 0 Å². The lowest BCUT2D eigenvalue weighted by molar-refractivity contribution is 1.45. The van der Waals surface area contributed by atoms with Gasteiger partial charge in [0, 0.05) is 5.30 Å². The fourth-order valence-electron chi connectivity index (χ4n) is 1.72. The first-order valence-electron chi connectivity index (χ1n) is 4.28. The van der Waals surface area contributed by atoms with Gasteiger partial charge in [-0.15, -0.1) is 7.53 Å². The maximum Gasteiger partial charge on any atom is 0.00349 e. The molecule has 1 aromatic heterocycles. The van der Waals surface area contributed by atoms with Crippen LogP contribution >= 0.6 is 7.53 Å². The van der Waals surface area contributed by atoms with Gasteiger partial charge in [-0.25, -0.2) is 0 Å². The maximum atomic E-state index is 2.34. The minimum Gasteiger partial charge on any atom is -0.120 e. The van der Waals surface area contributed by atoms with Crippen LogP contribution in [0.3, 0.4) is 0 Å². The molecule has 1 heterocycles. The third kappa shape index (κ3) is 1.17. The normalized spacial score (nSPS) is 16.8. The molecular formula is C11H13P. The molecule has 12 heavy (non-hydrogen) atoms. The van der Waals surface area contributed by atoms with Crippen LogP contribution in [-0.4, -0.2) is 0 Å². The molecule has 0 nitrogen and oxygen atoms in total. The summed E-state index contributed by atoms with van der Waals surface area (Å²) in [5, 5.41) is 1.58. The molecule has 1 atom stereocenters. The summed E-state index contributed by atoms with van der Waals surface area (Å²) in [4.78, 5) is 0. The average molecular weight is 176 g/mol. The molecule has 0 fully saturated rings. The molecule has 0 N–H and O–H groups in total. The van der Waals surface area contributed by atoms with E-state index < -0.39 is 0 Å². The molecule has 0 amide bonds. The first-order valence-corrected chi connectivity index (χ1v) is 6.14. The monoisotopic (exact) mass is 176 g/mol. The Labute approximate surface area is 74.7 Å². The van der Waals surface area contributed by atoms with Gasteiger partial charge in [0.2, 0.25) is 0 Å². The van der Waals surface area contributed by atoms with E-state index in [1.807, 2.05) is 0 Å². The second kappa shape index (κ2) is 2.95. The number of rotatable bonds is 1. The van der Waals surface area contributed by atoms with Gasteiger partial charge in [0.15, 0.2) is 0 Å². The van der Waals surface area contributed by atoms with E-state index in [1.54, 1.807) is 5.30 Å². The van der Waals surface area contributed by atoms with Gasteiger partial charge >= 0.3 is 0 Å². The first kappa shape index (κ1) is 7.89. The second-order valence-electron chi connectivity index (χ2n) is 3.26. The minimum atomic E-state index is 0.000710. The summed E-state index contributed by atoms with van der Waals surface area (Å²) in [5.41, 5.74) is 2.92. The number of allylic oxidation sites excluding steroid dienone is 4. The highest BCUT2D eigenvalue weighted by molar-refractivity contribution is 7.48. The van der Waals surface area contributed by atoms with Crippen LogP contribution in [0, 0.1) is 6.92 Å². The van der Waals surface area contributed by atoms with Crippen molar-refractivity contribution in [3.8, 4) is 0 Å². The Balaban J connectivity index is 2.51. The topological polar surface area (TPSA) is 0 Å². The second-order valence-corrected chi connectivity index (χ2v) is 5.22. The van der Waals surface area contributed by atoms with Gasteiger partial charge in [0.05, 0.1) is 0 Å².